The summed E-state index contributed by atoms with van der Waals surface area (Å²) >= 11 is 0. The predicted molar refractivity (Wildman–Crippen MR) is 192 cm³/mol. The molecule has 0 N–H and O–H groups in total. The van der Waals surface area contributed by atoms with Gasteiger partial charge in [-0.15, -0.1) is 0 Å². The van der Waals surface area contributed by atoms with Crippen LogP contribution in [0.4, 0.5) is 35.1 Å². The van der Waals surface area contributed by atoms with E-state index in [1.165, 1.54) is 19.1 Å². The van der Waals surface area contributed by atoms with Crippen molar-refractivity contribution in [3.05, 3.63) is 47.0 Å². The quantitative estimate of drug-likeness (QED) is 0.121. The first kappa shape index (κ1) is 43.2. The highest BCUT2D eigenvalue weighted by molar-refractivity contribution is 5.97. The van der Waals surface area contributed by atoms with Crippen molar-refractivity contribution in [1.29, 1.82) is 0 Å². The summed E-state index contributed by atoms with van der Waals surface area (Å²) in [5.74, 6) is -28.8. The third kappa shape index (κ3) is 5.68. The summed E-state index contributed by atoms with van der Waals surface area (Å²) in [6.45, 7) is -3.49. The zero-order valence-corrected chi connectivity index (χ0v) is 34.3. The Bertz CT molecular complexity index is 2200. The molecule has 1 aromatic rings. The molecule has 2 heterocycles. The second-order valence-corrected chi connectivity index (χ2v) is 19.8. The molecule has 2 saturated heterocycles. The number of carbonyl (C=O) groups is 5. The normalized spacial score (nSPS) is 40.4. The van der Waals surface area contributed by atoms with Crippen LogP contribution in [0, 0.1) is 46.3 Å². The molecule has 0 radical (unpaired) electrons. The molecule has 11 rings (SSSR count). The number of fused-ring (bicyclic) bond motifs is 4. The molecule has 10 aliphatic rings. The van der Waals surface area contributed by atoms with Crippen LogP contribution < -0.4 is 0 Å². The maximum absolute atomic E-state index is 14.2. The van der Waals surface area contributed by atoms with E-state index in [4.69, 9.17) is 42.6 Å². The number of esters is 5. The standard InChI is InChI=1S/C43H40F8O14/c1-19(2)31(54)57-10-20-3-21(32(55)58-11-27(52)64-36-6-23-29(36)34(13-36)8-25(34)42(23)60-15-38(44,45)39(46,47)16-61-42)5-22(4-20)33(56)59-12-28(53)65-37-7-24-30(37)35(14-37)9-26(35)43(24)62-17-40(48,49)41(50,51)18-63-43/h3-5,23-26,29-30H,1,6-18H2,2H3. The first-order valence-corrected chi connectivity index (χ1v) is 21.1. The van der Waals surface area contributed by atoms with Crippen molar-refractivity contribution >= 4 is 29.8 Å². The highest BCUT2D eigenvalue weighted by Gasteiger charge is 2.96. The number of benzene rings is 1. The van der Waals surface area contributed by atoms with Gasteiger partial charge in [-0.05, 0) is 80.0 Å². The maximum Gasteiger partial charge on any atom is 0.344 e. The van der Waals surface area contributed by atoms with Gasteiger partial charge in [-0.2, -0.15) is 35.1 Å². The topological polar surface area (TPSA) is 168 Å². The van der Waals surface area contributed by atoms with Crippen molar-refractivity contribution in [2.45, 2.75) is 98.5 Å². The average Bonchev–Trinajstić information content (AvgIpc) is 4.13. The van der Waals surface area contributed by atoms with Gasteiger partial charge in [-0.1, -0.05) is 6.58 Å². The Hall–Kier alpha value is -4.41. The molecule has 8 aliphatic carbocycles. The van der Waals surface area contributed by atoms with Gasteiger partial charge in [0.2, 0.25) is 0 Å². The molecular formula is C43H40F8O14. The molecule has 2 aliphatic heterocycles. The summed E-state index contributed by atoms with van der Waals surface area (Å²) in [6.07, 6.45) is 1.74. The molecule has 352 valence electrons. The van der Waals surface area contributed by atoms with Crippen LogP contribution in [-0.2, 0) is 63.6 Å². The third-order valence-corrected chi connectivity index (χ3v) is 16.3. The number of hydrogen-bond donors (Lipinski definition) is 0. The van der Waals surface area contributed by atoms with E-state index in [1.807, 2.05) is 0 Å². The Morgan fingerprint density at radius 2 is 0.985 bits per heavy atom. The van der Waals surface area contributed by atoms with Gasteiger partial charge in [0, 0.05) is 41.1 Å². The van der Waals surface area contributed by atoms with Gasteiger partial charge in [-0.25, -0.2) is 24.0 Å². The molecule has 8 saturated carbocycles. The second-order valence-electron chi connectivity index (χ2n) is 19.8. The van der Waals surface area contributed by atoms with Gasteiger partial charge in [-0.3, -0.25) is 0 Å². The van der Waals surface area contributed by atoms with E-state index in [1.54, 1.807) is 0 Å². The van der Waals surface area contributed by atoms with Crippen LogP contribution in [0.1, 0.15) is 71.7 Å². The Balaban J connectivity index is 0.710. The summed E-state index contributed by atoms with van der Waals surface area (Å²) in [5.41, 5.74) is -3.53. The van der Waals surface area contributed by atoms with Crippen molar-refractivity contribution in [3.63, 3.8) is 0 Å². The summed E-state index contributed by atoms with van der Waals surface area (Å²) < 4.78 is 162. The molecule has 14 nitrogen and oxygen atoms in total. The lowest BCUT2D eigenvalue weighted by Crippen LogP contribution is -2.70. The molecule has 4 spiro atoms. The van der Waals surface area contributed by atoms with E-state index in [0.29, 0.717) is 25.7 Å². The number of hydrogen-bond acceptors (Lipinski definition) is 14. The molecular weight excluding hydrogens is 892 g/mol. The van der Waals surface area contributed by atoms with Gasteiger partial charge in [0.15, 0.2) is 24.8 Å². The van der Waals surface area contributed by atoms with Gasteiger partial charge in [0.05, 0.1) is 11.1 Å². The fraction of sp³-hybridized carbons (Fsp3) is 0.698. The minimum atomic E-state index is -4.44. The molecule has 10 fully saturated rings. The van der Waals surface area contributed by atoms with Crippen LogP contribution in [0.3, 0.4) is 0 Å². The number of halogens is 8. The molecule has 0 aromatic heterocycles. The van der Waals surface area contributed by atoms with Crippen molar-refractivity contribution in [1.82, 2.24) is 0 Å². The summed E-state index contributed by atoms with van der Waals surface area (Å²) in [4.78, 5) is 64.9. The van der Waals surface area contributed by atoms with Crippen molar-refractivity contribution < 1.29 is 102 Å². The Labute approximate surface area is 362 Å². The minimum Gasteiger partial charge on any atom is -0.457 e. The fourth-order valence-electron chi connectivity index (χ4n) is 13.6. The zero-order chi connectivity index (χ0) is 46.3. The largest absolute Gasteiger partial charge is 0.457 e. The molecule has 22 heteroatoms. The van der Waals surface area contributed by atoms with Crippen molar-refractivity contribution in [2.24, 2.45) is 46.3 Å². The van der Waals surface area contributed by atoms with Crippen molar-refractivity contribution in [2.75, 3.05) is 39.6 Å². The highest BCUT2D eigenvalue weighted by Crippen LogP contribution is 2.92. The van der Waals surface area contributed by atoms with Crippen LogP contribution in [0.2, 0.25) is 0 Å². The Morgan fingerprint density at radius 1 is 0.600 bits per heavy atom. The van der Waals surface area contributed by atoms with Crippen LogP contribution in [0.5, 0.6) is 0 Å². The molecule has 1 aromatic carbocycles. The highest BCUT2D eigenvalue weighted by atomic mass is 19.3. The maximum atomic E-state index is 14.2. The van der Waals surface area contributed by atoms with Crippen LogP contribution >= 0.6 is 0 Å². The van der Waals surface area contributed by atoms with Crippen LogP contribution in [-0.4, -0.2) is 116 Å². The number of rotatable bonds is 11. The van der Waals surface area contributed by atoms with Gasteiger partial charge >= 0.3 is 53.5 Å². The Morgan fingerprint density at radius 3 is 1.35 bits per heavy atom. The van der Waals surface area contributed by atoms with E-state index in [-0.39, 0.29) is 35.1 Å². The molecule has 0 amide bonds. The lowest BCUT2D eigenvalue weighted by molar-refractivity contribution is -0.329. The van der Waals surface area contributed by atoms with E-state index >= 15 is 0 Å². The summed E-state index contributed by atoms with van der Waals surface area (Å²) in [5, 5.41) is 0. The lowest BCUT2D eigenvalue weighted by atomic mass is 9.44. The number of alkyl halides is 8. The van der Waals surface area contributed by atoms with Crippen molar-refractivity contribution in [3.8, 4) is 0 Å². The van der Waals surface area contributed by atoms with Crippen LogP contribution in [0.25, 0.3) is 0 Å². The zero-order valence-electron chi connectivity index (χ0n) is 34.3. The SMILES string of the molecule is C=C(C)C(=O)OCc1cc(C(=O)OCC(=O)OC23CC4C2C2(CC2C42OCC(F)(F)C(F)(F)CO2)C3)cc(C(=O)OCC(=O)OC23CC4C2C2(CC2C42OCC(F)(F)C(F)(F)CO2)C3)c1. The first-order chi connectivity index (χ1) is 30.3. The molecule has 65 heavy (non-hydrogen) atoms. The third-order valence-electron chi connectivity index (χ3n) is 16.3. The smallest absolute Gasteiger partial charge is 0.344 e. The second kappa shape index (κ2) is 13.0. The minimum absolute atomic E-state index is 0.0474. The van der Waals surface area contributed by atoms with E-state index in [2.05, 4.69) is 6.58 Å². The van der Waals surface area contributed by atoms with E-state index in [0.717, 1.165) is 6.07 Å². The summed E-state index contributed by atoms with van der Waals surface area (Å²) in [6, 6.07) is 3.46. The number of ether oxygens (including phenoxy) is 9. The van der Waals surface area contributed by atoms with Gasteiger partial charge < -0.3 is 42.6 Å². The number of carbonyl (C=O) groups excluding carboxylic acids is 5. The van der Waals surface area contributed by atoms with Crippen LogP contribution in [0.15, 0.2) is 30.4 Å². The van der Waals surface area contributed by atoms with Gasteiger partial charge in [0.1, 0.15) is 44.2 Å². The van der Waals surface area contributed by atoms with E-state index < -0.39 is 169 Å². The Kier molecular flexibility index (Phi) is 8.62. The summed E-state index contributed by atoms with van der Waals surface area (Å²) in [7, 11) is 0. The molecule has 10 atom stereocenters. The molecule has 0 bridgehead atoms. The first-order valence-electron chi connectivity index (χ1n) is 21.1. The van der Waals surface area contributed by atoms with E-state index in [9.17, 15) is 59.1 Å². The van der Waals surface area contributed by atoms with Gasteiger partial charge in [0.25, 0.3) is 0 Å². The lowest BCUT2D eigenvalue weighted by Gasteiger charge is -2.65. The average molecular weight is 933 g/mol. The predicted octanol–water partition coefficient (Wildman–Crippen LogP) is 5.33. The monoisotopic (exact) mass is 932 g/mol. The fourth-order valence-corrected chi connectivity index (χ4v) is 13.6. The molecule has 10 unspecified atom stereocenters.